The smallest absolute Gasteiger partial charge is 0.322 e. The van der Waals surface area contributed by atoms with E-state index in [0.717, 1.165) is 16.9 Å². The molecular weight excluding hydrogens is 430 g/mol. The highest BCUT2D eigenvalue weighted by molar-refractivity contribution is 6.07. The number of urea groups is 1. The fraction of sp³-hybridized carbons (Fsp3) is 0.391. The molecule has 32 heavy (non-hydrogen) atoms. The average Bonchev–Trinajstić information content (AvgIpc) is 3.00. The van der Waals surface area contributed by atoms with Crippen LogP contribution in [0.1, 0.15) is 40.9 Å². The molecule has 1 atom stereocenters. The molecule has 2 fully saturated rings. The second kappa shape index (κ2) is 8.78. The predicted octanol–water partition coefficient (Wildman–Crippen LogP) is 2.75. The van der Waals surface area contributed by atoms with Gasteiger partial charge in [0, 0.05) is 24.8 Å². The number of pyridine rings is 1. The zero-order valence-corrected chi connectivity index (χ0v) is 19.4. The van der Waals surface area contributed by atoms with Crippen molar-refractivity contribution in [3.05, 3.63) is 58.8 Å². The van der Waals surface area contributed by atoms with Crippen LogP contribution >= 0.6 is 12.4 Å². The van der Waals surface area contributed by atoms with Gasteiger partial charge in [0.2, 0.25) is 0 Å². The normalized spacial score (nSPS) is 20.3. The van der Waals surface area contributed by atoms with Crippen LogP contribution in [0.4, 0.5) is 10.6 Å². The van der Waals surface area contributed by atoms with Gasteiger partial charge in [-0.25, -0.2) is 9.78 Å². The van der Waals surface area contributed by atoms with Crippen LogP contribution in [0.5, 0.6) is 0 Å². The highest BCUT2D eigenvalue weighted by Gasteiger charge is 2.50. The van der Waals surface area contributed by atoms with Gasteiger partial charge in [-0.15, -0.1) is 12.4 Å². The molecule has 2 aliphatic rings. The second-order valence-electron chi connectivity index (χ2n) is 8.68. The fourth-order valence-corrected chi connectivity index (χ4v) is 4.27. The summed E-state index contributed by atoms with van der Waals surface area (Å²) in [5.74, 6) is 0.268. The fourth-order valence-electron chi connectivity index (χ4n) is 4.27. The Morgan fingerprint density at radius 1 is 1.19 bits per heavy atom. The highest BCUT2D eigenvalue weighted by atomic mass is 35.5. The predicted molar refractivity (Wildman–Crippen MR) is 124 cm³/mol. The van der Waals surface area contributed by atoms with Crippen LogP contribution in [-0.4, -0.2) is 46.9 Å². The molecule has 1 aromatic heterocycles. The number of benzene rings is 1. The standard InChI is InChI=1S/C23H27N5O3.ClH/c1-13(2)23(21(30)26-22(31)27-23)17-7-5-16(6-8-17)20(29)28-11-18(12-28)25-19-15(4)9-14(3)10-24-19;/h5-10,13,18H,11-12H2,1-4H3,(H,24,25)(H2,26,27,30,31);1H/t23-;/m1./s1. The van der Waals surface area contributed by atoms with Crippen molar-refractivity contribution in [1.82, 2.24) is 20.5 Å². The van der Waals surface area contributed by atoms with Crippen molar-refractivity contribution >= 4 is 36.1 Å². The molecule has 2 saturated heterocycles. The Morgan fingerprint density at radius 3 is 2.38 bits per heavy atom. The third kappa shape index (κ3) is 4.02. The minimum atomic E-state index is -1.12. The minimum Gasteiger partial charge on any atom is -0.364 e. The molecule has 0 saturated carbocycles. The van der Waals surface area contributed by atoms with Gasteiger partial charge in [-0.05, 0) is 48.6 Å². The molecule has 2 aromatic rings. The lowest BCUT2D eigenvalue weighted by Gasteiger charge is -2.40. The van der Waals surface area contributed by atoms with E-state index in [9.17, 15) is 14.4 Å². The van der Waals surface area contributed by atoms with E-state index in [4.69, 9.17) is 0 Å². The van der Waals surface area contributed by atoms with Gasteiger partial charge in [0.1, 0.15) is 11.4 Å². The van der Waals surface area contributed by atoms with E-state index in [2.05, 4.69) is 27.0 Å². The monoisotopic (exact) mass is 457 g/mol. The number of likely N-dealkylation sites (tertiary alicyclic amines) is 1. The lowest BCUT2D eigenvalue weighted by Crippen LogP contribution is -2.57. The third-order valence-electron chi connectivity index (χ3n) is 6.07. The van der Waals surface area contributed by atoms with Gasteiger partial charge in [0.15, 0.2) is 0 Å². The number of imide groups is 1. The maximum atomic E-state index is 12.8. The summed E-state index contributed by atoms with van der Waals surface area (Å²) in [6.07, 6.45) is 1.83. The number of nitrogens with one attached hydrogen (secondary N) is 3. The summed E-state index contributed by atoms with van der Waals surface area (Å²) in [5.41, 5.74) is 2.29. The summed E-state index contributed by atoms with van der Waals surface area (Å²) in [5, 5.41) is 8.46. The van der Waals surface area contributed by atoms with E-state index in [1.807, 2.05) is 33.9 Å². The Kier molecular flexibility index (Phi) is 6.46. The molecule has 0 bridgehead atoms. The number of hydrogen-bond donors (Lipinski definition) is 3. The zero-order valence-electron chi connectivity index (χ0n) is 18.6. The van der Waals surface area contributed by atoms with Crippen LogP contribution in [0.15, 0.2) is 36.5 Å². The summed E-state index contributed by atoms with van der Waals surface area (Å²) in [7, 11) is 0. The van der Waals surface area contributed by atoms with Crippen LogP contribution in [0, 0.1) is 19.8 Å². The van der Waals surface area contributed by atoms with Crippen LogP contribution < -0.4 is 16.0 Å². The van der Waals surface area contributed by atoms with E-state index >= 15 is 0 Å². The molecule has 8 nitrogen and oxygen atoms in total. The van der Waals surface area contributed by atoms with Gasteiger partial charge >= 0.3 is 6.03 Å². The van der Waals surface area contributed by atoms with Crippen molar-refractivity contribution in [3.8, 4) is 0 Å². The molecule has 4 amide bonds. The molecule has 9 heteroatoms. The third-order valence-corrected chi connectivity index (χ3v) is 6.07. The maximum Gasteiger partial charge on any atom is 0.322 e. The average molecular weight is 458 g/mol. The summed E-state index contributed by atoms with van der Waals surface area (Å²) < 4.78 is 0. The lowest BCUT2D eigenvalue weighted by atomic mass is 9.79. The first-order valence-corrected chi connectivity index (χ1v) is 10.4. The molecule has 3 N–H and O–H groups in total. The first kappa shape index (κ1) is 23.5. The summed E-state index contributed by atoms with van der Waals surface area (Å²) in [4.78, 5) is 43.3. The zero-order chi connectivity index (χ0) is 22.3. The van der Waals surface area contributed by atoms with E-state index in [1.54, 1.807) is 29.2 Å². The van der Waals surface area contributed by atoms with Crippen molar-refractivity contribution in [2.24, 2.45) is 5.92 Å². The molecule has 4 rings (SSSR count). The van der Waals surface area contributed by atoms with Gasteiger partial charge < -0.3 is 15.5 Å². The molecule has 2 aliphatic heterocycles. The molecule has 0 unspecified atom stereocenters. The van der Waals surface area contributed by atoms with E-state index in [1.165, 1.54) is 0 Å². The van der Waals surface area contributed by atoms with Crippen molar-refractivity contribution in [1.29, 1.82) is 0 Å². The van der Waals surface area contributed by atoms with Crippen LogP contribution in [0.2, 0.25) is 0 Å². The summed E-state index contributed by atoms with van der Waals surface area (Å²) >= 11 is 0. The topological polar surface area (TPSA) is 103 Å². The van der Waals surface area contributed by atoms with Gasteiger partial charge in [-0.3, -0.25) is 14.9 Å². The van der Waals surface area contributed by atoms with E-state index < -0.39 is 11.6 Å². The minimum absolute atomic E-state index is 0. The second-order valence-corrected chi connectivity index (χ2v) is 8.68. The number of aromatic nitrogens is 1. The van der Waals surface area contributed by atoms with Crippen molar-refractivity contribution in [3.63, 3.8) is 0 Å². The quantitative estimate of drug-likeness (QED) is 0.599. The van der Waals surface area contributed by atoms with Crippen molar-refractivity contribution in [2.75, 3.05) is 18.4 Å². The van der Waals surface area contributed by atoms with Gasteiger partial charge in [-0.2, -0.15) is 0 Å². The first-order valence-electron chi connectivity index (χ1n) is 10.4. The Bertz CT molecular complexity index is 1050. The summed E-state index contributed by atoms with van der Waals surface area (Å²) in [6.45, 7) is 8.98. The van der Waals surface area contributed by atoms with Crippen molar-refractivity contribution < 1.29 is 14.4 Å². The molecule has 0 radical (unpaired) electrons. The number of aryl methyl sites for hydroxylation is 2. The van der Waals surface area contributed by atoms with E-state index in [0.29, 0.717) is 24.2 Å². The maximum absolute atomic E-state index is 12.8. The van der Waals surface area contributed by atoms with Gasteiger partial charge in [0.25, 0.3) is 11.8 Å². The molecule has 0 spiro atoms. The molecule has 3 heterocycles. The van der Waals surface area contributed by atoms with Crippen LogP contribution in [0.3, 0.4) is 0 Å². The number of rotatable bonds is 5. The van der Waals surface area contributed by atoms with Gasteiger partial charge in [-0.1, -0.05) is 32.0 Å². The number of nitrogens with zero attached hydrogens (tertiary/aromatic N) is 2. The highest BCUT2D eigenvalue weighted by Crippen LogP contribution is 2.33. The molecule has 170 valence electrons. The van der Waals surface area contributed by atoms with E-state index in [-0.39, 0.29) is 36.2 Å². The molecular formula is C23H28ClN5O3. The van der Waals surface area contributed by atoms with Gasteiger partial charge in [0.05, 0.1) is 6.04 Å². The van der Waals surface area contributed by atoms with Crippen LogP contribution in [0.25, 0.3) is 0 Å². The number of carbonyl (C=O) groups is 3. The van der Waals surface area contributed by atoms with Crippen molar-refractivity contribution in [2.45, 2.75) is 39.3 Å². The SMILES string of the molecule is Cc1cnc(NC2CN(C(=O)c3ccc([C@@]4(C(C)C)NC(=O)NC4=O)cc3)C2)c(C)c1.Cl. The molecule has 1 aromatic carbocycles. The van der Waals surface area contributed by atoms with Crippen LogP contribution in [-0.2, 0) is 10.3 Å². The number of carbonyl (C=O) groups excluding carboxylic acids is 3. The summed E-state index contributed by atoms with van der Waals surface area (Å²) in [6, 6.07) is 8.66. The number of halogens is 1. The Morgan fingerprint density at radius 2 is 1.84 bits per heavy atom. The molecule has 0 aliphatic carbocycles. The Balaban J connectivity index is 0.00000289. The first-order chi connectivity index (χ1) is 14.7. The largest absolute Gasteiger partial charge is 0.364 e. The number of anilines is 1. The Hall–Kier alpha value is -3.13. The lowest BCUT2D eigenvalue weighted by molar-refractivity contribution is -0.125. The number of amides is 4. The number of hydrogen-bond acceptors (Lipinski definition) is 5. The Labute approximate surface area is 193 Å².